The van der Waals surface area contributed by atoms with Crippen molar-refractivity contribution in [3.8, 4) is 0 Å². The van der Waals surface area contributed by atoms with Crippen molar-refractivity contribution in [2.24, 2.45) is 5.18 Å². The van der Waals surface area contributed by atoms with E-state index in [9.17, 15) is 4.91 Å². The van der Waals surface area contributed by atoms with Crippen LogP contribution in [-0.4, -0.2) is 39.8 Å². The molecule has 6 heteroatoms. The Balaban J connectivity index is 3.02. The first-order valence-corrected chi connectivity index (χ1v) is 4.21. The van der Waals surface area contributed by atoms with Gasteiger partial charge in [0.25, 0.3) is 0 Å². The van der Waals surface area contributed by atoms with Gasteiger partial charge >= 0.3 is 0 Å². The van der Waals surface area contributed by atoms with Crippen LogP contribution in [0.2, 0.25) is 0 Å². The zero-order valence-corrected chi connectivity index (χ0v) is 7.92. The smallest absolute Gasteiger partial charge is 0.131 e. The first-order chi connectivity index (χ1) is 6.68. The number of rotatable bonds is 5. The fourth-order valence-electron chi connectivity index (χ4n) is 1.16. The maximum atomic E-state index is 10.2. The van der Waals surface area contributed by atoms with E-state index >= 15 is 0 Å². The van der Waals surface area contributed by atoms with Crippen molar-refractivity contribution in [3.63, 3.8) is 0 Å². The summed E-state index contributed by atoms with van der Waals surface area (Å²) >= 11 is 0. The first-order valence-electron chi connectivity index (χ1n) is 4.21. The molecule has 1 aromatic heterocycles. The number of nitroso groups, excluding NO2 is 1. The van der Waals surface area contributed by atoms with Gasteiger partial charge < -0.3 is 10.2 Å². The van der Waals surface area contributed by atoms with Crippen molar-refractivity contribution in [2.45, 2.75) is 12.5 Å². The number of aliphatic hydroxyl groups is 2. The molecule has 0 fully saturated rings. The van der Waals surface area contributed by atoms with Gasteiger partial charge in [-0.1, -0.05) is 5.18 Å². The third-order valence-electron chi connectivity index (χ3n) is 2.15. The highest BCUT2D eigenvalue weighted by Crippen LogP contribution is 2.15. The van der Waals surface area contributed by atoms with E-state index in [-0.39, 0.29) is 19.8 Å². The minimum atomic E-state index is -1.12. The Bertz CT molecular complexity index is 307. The lowest BCUT2D eigenvalue weighted by atomic mass is 10.0. The van der Waals surface area contributed by atoms with Gasteiger partial charge in [-0.3, -0.25) is 4.68 Å². The fourth-order valence-corrected chi connectivity index (χ4v) is 1.16. The van der Waals surface area contributed by atoms with E-state index in [2.05, 4.69) is 10.3 Å². The van der Waals surface area contributed by atoms with Crippen molar-refractivity contribution < 1.29 is 10.2 Å². The quantitative estimate of drug-likeness (QED) is 0.634. The minimum absolute atomic E-state index is 0.207. The molecule has 0 saturated heterocycles. The molecule has 0 unspecified atom stereocenters. The number of hydrogen-bond acceptors (Lipinski definition) is 5. The number of hydrogen-bond donors (Lipinski definition) is 2. The van der Waals surface area contributed by atoms with Crippen LogP contribution in [0.4, 0.5) is 0 Å². The Kier molecular flexibility index (Phi) is 3.32. The minimum Gasteiger partial charge on any atom is -0.394 e. The van der Waals surface area contributed by atoms with Crippen LogP contribution < -0.4 is 0 Å². The van der Waals surface area contributed by atoms with E-state index in [1.54, 1.807) is 12.4 Å². The van der Waals surface area contributed by atoms with Gasteiger partial charge in [0.2, 0.25) is 0 Å². The largest absolute Gasteiger partial charge is 0.394 e. The van der Waals surface area contributed by atoms with Crippen LogP contribution in [0.15, 0.2) is 17.6 Å². The second-order valence-corrected chi connectivity index (χ2v) is 3.29. The maximum absolute atomic E-state index is 10.2. The van der Waals surface area contributed by atoms with Crippen LogP contribution in [0.1, 0.15) is 5.56 Å². The molecule has 6 nitrogen and oxygen atoms in total. The summed E-state index contributed by atoms with van der Waals surface area (Å²) in [5.74, 6) is 0. The summed E-state index contributed by atoms with van der Waals surface area (Å²) in [5, 5.41) is 25.0. The number of aliphatic hydroxyl groups excluding tert-OH is 2. The monoisotopic (exact) mass is 199 g/mol. The van der Waals surface area contributed by atoms with Crippen LogP contribution in [0, 0.1) is 11.8 Å². The van der Waals surface area contributed by atoms with Crippen molar-refractivity contribution in [1.29, 1.82) is 0 Å². The average Bonchev–Trinajstić information content (AvgIpc) is 2.62. The Morgan fingerprint density at radius 2 is 2.21 bits per heavy atom. The second-order valence-electron chi connectivity index (χ2n) is 3.29. The van der Waals surface area contributed by atoms with Crippen LogP contribution in [0.5, 0.6) is 0 Å². The standard InChI is InChI=1S/C8H13N3O3/c1-7-2-9-11(3-7)8(5-12,6-13)4-10-14/h2-3,12-13H,4-6H2,1H3. The molecule has 0 aromatic carbocycles. The van der Waals surface area contributed by atoms with E-state index in [1.165, 1.54) is 4.68 Å². The summed E-state index contributed by atoms with van der Waals surface area (Å²) in [4.78, 5) is 10.2. The van der Waals surface area contributed by atoms with Gasteiger partial charge in [0.15, 0.2) is 0 Å². The summed E-state index contributed by atoms with van der Waals surface area (Å²) in [7, 11) is 0. The molecule has 0 radical (unpaired) electrons. The maximum Gasteiger partial charge on any atom is 0.131 e. The zero-order valence-electron chi connectivity index (χ0n) is 7.92. The van der Waals surface area contributed by atoms with Crippen molar-refractivity contribution >= 4 is 0 Å². The lowest BCUT2D eigenvalue weighted by Crippen LogP contribution is -2.44. The Morgan fingerprint density at radius 1 is 1.57 bits per heavy atom. The van der Waals surface area contributed by atoms with Gasteiger partial charge in [0.1, 0.15) is 12.1 Å². The first kappa shape index (κ1) is 10.8. The van der Waals surface area contributed by atoms with E-state index in [0.717, 1.165) is 5.56 Å². The normalized spacial score (nSPS) is 11.6. The van der Waals surface area contributed by atoms with Gasteiger partial charge in [0, 0.05) is 6.20 Å². The summed E-state index contributed by atoms with van der Waals surface area (Å²) < 4.78 is 1.38. The number of aromatic nitrogens is 2. The zero-order chi connectivity index (χ0) is 10.6. The third kappa shape index (κ3) is 1.80. The van der Waals surface area contributed by atoms with Crippen molar-refractivity contribution in [1.82, 2.24) is 9.78 Å². The predicted molar refractivity (Wildman–Crippen MR) is 49.8 cm³/mol. The van der Waals surface area contributed by atoms with Crippen LogP contribution >= 0.6 is 0 Å². The molecular formula is C8H13N3O3. The van der Waals surface area contributed by atoms with E-state index in [4.69, 9.17) is 10.2 Å². The Morgan fingerprint density at radius 3 is 2.57 bits per heavy atom. The highest BCUT2D eigenvalue weighted by molar-refractivity contribution is 5.03. The number of nitrogens with zero attached hydrogens (tertiary/aromatic N) is 3. The van der Waals surface area contributed by atoms with E-state index in [0.29, 0.717) is 0 Å². The highest BCUT2D eigenvalue weighted by Gasteiger charge is 2.32. The van der Waals surface area contributed by atoms with Gasteiger partial charge in [-0.25, -0.2) is 0 Å². The average molecular weight is 199 g/mol. The molecule has 0 spiro atoms. The lowest BCUT2D eigenvalue weighted by molar-refractivity contribution is 0.0601. The molecule has 0 aliphatic rings. The highest BCUT2D eigenvalue weighted by atomic mass is 16.3. The Labute approximate surface area is 81.1 Å². The van der Waals surface area contributed by atoms with E-state index in [1.807, 2.05) is 6.92 Å². The van der Waals surface area contributed by atoms with Crippen LogP contribution in [-0.2, 0) is 5.54 Å². The van der Waals surface area contributed by atoms with E-state index < -0.39 is 5.54 Å². The van der Waals surface area contributed by atoms with Gasteiger partial charge in [-0.05, 0) is 12.5 Å². The molecule has 0 aliphatic heterocycles. The summed E-state index contributed by atoms with van der Waals surface area (Å²) in [6.07, 6.45) is 3.24. The van der Waals surface area contributed by atoms with Crippen LogP contribution in [0.3, 0.4) is 0 Å². The molecule has 1 aromatic rings. The van der Waals surface area contributed by atoms with Crippen molar-refractivity contribution in [2.75, 3.05) is 19.8 Å². The molecule has 0 bridgehead atoms. The van der Waals surface area contributed by atoms with Crippen LogP contribution in [0.25, 0.3) is 0 Å². The summed E-state index contributed by atoms with van der Waals surface area (Å²) in [6.45, 7) is 0.866. The molecule has 0 atom stereocenters. The molecule has 2 N–H and O–H groups in total. The molecular weight excluding hydrogens is 186 g/mol. The third-order valence-corrected chi connectivity index (χ3v) is 2.15. The molecule has 1 heterocycles. The molecule has 14 heavy (non-hydrogen) atoms. The number of aryl methyl sites for hydroxylation is 1. The summed E-state index contributed by atoms with van der Waals surface area (Å²) in [6, 6.07) is 0. The second kappa shape index (κ2) is 4.30. The molecule has 1 rings (SSSR count). The summed E-state index contributed by atoms with van der Waals surface area (Å²) in [5.41, 5.74) is -0.224. The topological polar surface area (TPSA) is 87.7 Å². The Hall–Kier alpha value is -1.27. The lowest BCUT2D eigenvalue weighted by Gasteiger charge is -2.27. The fraction of sp³-hybridized carbons (Fsp3) is 0.625. The predicted octanol–water partition coefficient (Wildman–Crippen LogP) is -0.362. The van der Waals surface area contributed by atoms with Gasteiger partial charge in [-0.15, -0.1) is 0 Å². The molecule has 0 aliphatic carbocycles. The molecule has 0 saturated carbocycles. The molecule has 78 valence electrons. The van der Waals surface area contributed by atoms with Gasteiger partial charge in [0.05, 0.1) is 19.4 Å². The van der Waals surface area contributed by atoms with Crippen molar-refractivity contribution in [3.05, 3.63) is 22.9 Å². The molecule has 0 amide bonds. The SMILES string of the molecule is Cc1cnn(C(CO)(CO)CN=O)c1. The van der Waals surface area contributed by atoms with Gasteiger partial charge in [-0.2, -0.15) is 10.0 Å².